The average Bonchev–Trinajstić information content (AvgIpc) is 2.87. The molecule has 0 spiro atoms. The number of amides is 1. The van der Waals surface area contributed by atoms with Crippen molar-refractivity contribution in [1.29, 1.82) is 0 Å². The molecule has 5 rings (SSSR count). The molecule has 35 heavy (non-hydrogen) atoms. The topological polar surface area (TPSA) is 78.9 Å². The van der Waals surface area contributed by atoms with Crippen molar-refractivity contribution in [1.82, 2.24) is 9.97 Å². The number of hydrogen-bond acceptors (Lipinski definition) is 5. The van der Waals surface area contributed by atoms with E-state index >= 15 is 0 Å². The smallest absolute Gasteiger partial charge is 0.255 e. The number of fused-ring (bicyclic) bond motifs is 1. The standard InChI is InChI=1S/C27H19F2N5O/c28-18-4-6-24-22(15-18)25(10-13-31-24)33-20-3-1-2-17(14-20)27(35)34-26-7-5-21(16-23(26)29)32-19-8-11-30-12-9-19/h1-16H,(H,30,32)(H,31,33)(H,34,35). The lowest BCUT2D eigenvalue weighted by Gasteiger charge is -2.12. The summed E-state index contributed by atoms with van der Waals surface area (Å²) in [7, 11) is 0. The van der Waals surface area contributed by atoms with E-state index < -0.39 is 11.7 Å². The van der Waals surface area contributed by atoms with Crippen LogP contribution in [0.15, 0.2) is 97.5 Å². The van der Waals surface area contributed by atoms with Crippen molar-refractivity contribution in [2.24, 2.45) is 0 Å². The Morgan fingerprint density at radius 2 is 1.54 bits per heavy atom. The van der Waals surface area contributed by atoms with Gasteiger partial charge >= 0.3 is 0 Å². The van der Waals surface area contributed by atoms with Gasteiger partial charge in [-0.05, 0) is 72.8 Å². The minimum Gasteiger partial charge on any atom is -0.355 e. The number of carbonyl (C=O) groups excluding carboxylic acids is 1. The molecule has 8 heteroatoms. The zero-order chi connectivity index (χ0) is 24.2. The normalized spacial score (nSPS) is 10.7. The van der Waals surface area contributed by atoms with Crippen LogP contribution in [-0.2, 0) is 0 Å². The average molecular weight is 467 g/mol. The Balaban J connectivity index is 1.32. The Hall–Kier alpha value is -4.85. The Morgan fingerprint density at radius 1 is 0.714 bits per heavy atom. The molecule has 0 unspecified atom stereocenters. The molecular formula is C27H19F2N5O. The van der Waals surface area contributed by atoms with E-state index in [1.165, 1.54) is 24.3 Å². The van der Waals surface area contributed by atoms with E-state index in [4.69, 9.17) is 0 Å². The van der Waals surface area contributed by atoms with E-state index in [1.54, 1.807) is 73.2 Å². The van der Waals surface area contributed by atoms with Gasteiger partial charge in [0.05, 0.1) is 11.2 Å². The molecule has 3 aromatic carbocycles. The number of pyridine rings is 2. The van der Waals surface area contributed by atoms with Crippen LogP contribution in [0.5, 0.6) is 0 Å². The lowest BCUT2D eigenvalue weighted by molar-refractivity contribution is 0.102. The first kappa shape index (κ1) is 22.0. The maximum absolute atomic E-state index is 14.7. The summed E-state index contributed by atoms with van der Waals surface area (Å²) in [6.07, 6.45) is 4.88. The first-order valence-corrected chi connectivity index (χ1v) is 10.7. The fourth-order valence-electron chi connectivity index (χ4n) is 3.61. The SMILES string of the molecule is O=C(Nc1ccc(Nc2ccncc2)cc1F)c1cccc(Nc2ccnc3ccc(F)cc23)c1. The number of rotatable bonds is 6. The number of halogens is 2. The lowest BCUT2D eigenvalue weighted by Crippen LogP contribution is -2.13. The third-order valence-electron chi connectivity index (χ3n) is 5.29. The van der Waals surface area contributed by atoms with Crippen molar-refractivity contribution in [2.75, 3.05) is 16.0 Å². The predicted molar refractivity (Wildman–Crippen MR) is 133 cm³/mol. The highest BCUT2D eigenvalue weighted by Gasteiger charge is 2.12. The van der Waals surface area contributed by atoms with Gasteiger partial charge in [0.15, 0.2) is 0 Å². The van der Waals surface area contributed by atoms with Crippen LogP contribution in [0.4, 0.5) is 37.2 Å². The van der Waals surface area contributed by atoms with Gasteiger partial charge in [-0.25, -0.2) is 8.78 Å². The maximum atomic E-state index is 14.7. The monoisotopic (exact) mass is 467 g/mol. The van der Waals surface area contributed by atoms with E-state index in [0.29, 0.717) is 33.5 Å². The number of carbonyl (C=O) groups is 1. The molecule has 0 radical (unpaired) electrons. The molecule has 0 aliphatic heterocycles. The van der Waals surface area contributed by atoms with Crippen molar-refractivity contribution >= 4 is 45.2 Å². The van der Waals surface area contributed by atoms with Gasteiger partial charge in [-0.2, -0.15) is 0 Å². The Bertz CT molecular complexity index is 1530. The molecule has 2 aromatic heterocycles. The Morgan fingerprint density at radius 3 is 2.37 bits per heavy atom. The van der Waals surface area contributed by atoms with Gasteiger partial charge in [-0.3, -0.25) is 14.8 Å². The van der Waals surface area contributed by atoms with Crippen LogP contribution in [-0.4, -0.2) is 15.9 Å². The van der Waals surface area contributed by atoms with Crippen LogP contribution in [0.3, 0.4) is 0 Å². The number of benzene rings is 3. The number of anilines is 5. The van der Waals surface area contributed by atoms with Gasteiger partial charge < -0.3 is 16.0 Å². The number of hydrogen-bond donors (Lipinski definition) is 3. The summed E-state index contributed by atoms with van der Waals surface area (Å²) in [5, 5.41) is 9.50. The summed E-state index contributed by atoms with van der Waals surface area (Å²) in [5.74, 6) is -1.41. The summed E-state index contributed by atoms with van der Waals surface area (Å²) < 4.78 is 28.4. The molecule has 172 valence electrons. The molecule has 6 nitrogen and oxygen atoms in total. The highest BCUT2D eigenvalue weighted by molar-refractivity contribution is 6.05. The molecule has 0 atom stereocenters. The van der Waals surface area contributed by atoms with Gasteiger partial charge in [0.1, 0.15) is 11.6 Å². The quantitative estimate of drug-likeness (QED) is 0.261. The molecule has 1 amide bonds. The summed E-state index contributed by atoms with van der Waals surface area (Å²) >= 11 is 0. The summed E-state index contributed by atoms with van der Waals surface area (Å²) in [6, 6.07) is 20.8. The second kappa shape index (κ2) is 9.56. The van der Waals surface area contributed by atoms with E-state index in [-0.39, 0.29) is 11.5 Å². The first-order chi connectivity index (χ1) is 17.0. The second-order valence-electron chi connectivity index (χ2n) is 7.74. The van der Waals surface area contributed by atoms with Crippen LogP contribution in [0.25, 0.3) is 10.9 Å². The fraction of sp³-hybridized carbons (Fsp3) is 0. The highest BCUT2D eigenvalue weighted by atomic mass is 19.1. The zero-order valence-electron chi connectivity index (χ0n) is 18.3. The van der Waals surface area contributed by atoms with E-state index in [1.807, 2.05) is 0 Å². The molecule has 0 bridgehead atoms. The zero-order valence-corrected chi connectivity index (χ0v) is 18.3. The van der Waals surface area contributed by atoms with Crippen molar-refractivity contribution < 1.29 is 13.6 Å². The number of aromatic nitrogens is 2. The first-order valence-electron chi connectivity index (χ1n) is 10.7. The van der Waals surface area contributed by atoms with Gasteiger partial charge in [-0.1, -0.05) is 6.07 Å². The molecule has 0 aliphatic rings. The molecule has 3 N–H and O–H groups in total. The Labute approximate surface area is 199 Å². The van der Waals surface area contributed by atoms with Crippen molar-refractivity contribution in [2.45, 2.75) is 0 Å². The molecule has 5 aromatic rings. The summed E-state index contributed by atoms with van der Waals surface area (Å²) in [5.41, 5.74) is 3.61. The summed E-state index contributed by atoms with van der Waals surface area (Å²) in [6.45, 7) is 0. The van der Waals surface area contributed by atoms with E-state index in [9.17, 15) is 13.6 Å². The van der Waals surface area contributed by atoms with Crippen molar-refractivity contribution in [3.8, 4) is 0 Å². The van der Waals surface area contributed by atoms with Crippen LogP contribution in [0.2, 0.25) is 0 Å². The predicted octanol–water partition coefficient (Wildman–Crippen LogP) is 6.65. The maximum Gasteiger partial charge on any atom is 0.255 e. The number of nitrogens with zero attached hydrogens (tertiary/aromatic N) is 2. The molecule has 0 saturated carbocycles. The van der Waals surface area contributed by atoms with Crippen molar-refractivity contribution in [3.63, 3.8) is 0 Å². The largest absolute Gasteiger partial charge is 0.355 e. The fourth-order valence-corrected chi connectivity index (χ4v) is 3.61. The minimum atomic E-state index is -0.572. The van der Waals surface area contributed by atoms with Crippen molar-refractivity contribution in [3.05, 3.63) is 115 Å². The highest BCUT2D eigenvalue weighted by Crippen LogP contribution is 2.27. The third kappa shape index (κ3) is 5.06. The van der Waals surface area contributed by atoms with Gasteiger partial charge in [0, 0.05) is 52.3 Å². The molecular weight excluding hydrogens is 448 g/mol. The van der Waals surface area contributed by atoms with Crippen LogP contribution < -0.4 is 16.0 Å². The Kier molecular flexibility index (Phi) is 6.00. The van der Waals surface area contributed by atoms with E-state index in [2.05, 4.69) is 25.9 Å². The van der Waals surface area contributed by atoms with Crippen LogP contribution in [0.1, 0.15) is 10.4 Å². The lowest BCUT2D eigenvalue weighted by atomic mass is 10.1. The second-order valence-corrected chi connectivity index (χ2v) is 7.74. The molecule has 0 saturated heterocycles. The third-order valence-corrected chi connectivity index (χ3v) is 5.29. The summed E-state index contributed by atoms with van der Waals surface area (Å²) in [4.78, 5) is 21.0. The molecule has 0 aliphatic carbocycles. The van der Waals surface area contributed by atoms with Gasteiger partial charge in [-0.15, -0.1) is 0 Å². The number of nitrogens with one attached hydrogen (secondary N) is 3. The minimum absolute atomic E-state index is 0.0595. The van der Waals surface area contributed by atoms with E-state index in [0.717, 1.165) is 5.69 Å². The van der Waals surface area contributed by atoms with Gasteiger partial charge in [0.25, 0.3) is 5.91 Å². The molecule has 2 heterocycles. The van der Waals surface area contributed by atoms with Gasteiger partial charge in [0.2, 0.25) is 0 Å². The van der Waals surface area contributed by atoms with Crippen LogP contribution in [0, 0.1) is 11.6 Å². The van der Waals surface area contributed by atoms with Crippen LogP contribution >= 0.6 is 0 Å². The molecule has 0 fully saturated rings.